The van der Waals surface area contributed by atoms with Gasteiger partial charge in [-0.15, -0.1) is 0 Å². The molecule has 0 bridgehead atoms. The minimum atomic E-state index is -2.38. The van der Waals surface area contributed by atoms with E-state index in [2.05, 4.69) is 0 Å². The summed E-state index contributed by atoms with van der Waals surface area (Å²) in [6.07, 6.45) is -2.38. The molecule has 0 saturated heterocycles. The van der Waals surface area contributed by atoms with Gasteiger partial charge >= 0.3 is 0 Å². The van der Waals surface area contributed by atoms with Crippen molar-refractivity contribution < 1.29 is 8.78 Å². The molecule has 0 radical (unpaired) electrons. The highest BCUT2D eigenvalue weighted by atomic mass is 35.5. The van der Waals surface area contributed by atoms with Crippen molar-refractivity contribution in [2.75, 3.05) is 18.5 Å². The van der Waals surface area contributed by atoms with Crippen molar-refractivity contribution in [1.29, 1.82) is 0 Å². The summed E-state index contributed by atoms with van der Waals surface area (Å²) in [5.41, 5.74) is 6.98. The molecule has 0 saturated carbocycles. The van der Waals surface area contributed by atoms with E-state index in [1.165, 1.54) is 4.90 Å². The van der Waals surface area contributed by atoms with Gasteiger partial charge in [-0.1, -0.05) is 17.7 Å². The molecule has 0 aliphatic carbocycles. The second-order valence-corrected chi connectivity index (χ2v) is 3.69. The van der Waals surface area contributed by atoms with Gasteiger partial charge in [-0.05, 0) is 17.7 Å². The molecule has 15 heavy (non-hydrogen) atoms. The summed E-state index contributed by atoms with van der Waals surface area (Å²) in [6.45, 7) is -0.0204. The van der Waals surface area contributed by atoms with Gasteiger partial charge < -0.3 is 10.6 Å². The van der Waals surface area contributed by atoms with Crippen LogP contribution in [-0.2, 0) is 6.54 Å². The van der Waals surface area contributed by atoms with Crippen LogP contribution in [0, 0.1) is 0 Å². The Hall–Kier alpha value is -0.870. The Morgan fingerprint density at radius 2 is 2.13 bits per heavy atom. The molecule has 1 aromatic carbocycles. The van der Waals surface area contributed by atoms with Crippen LogP contribution in [0.3, 0.4) is 0 Å². The Morgan fingerprint density at radius 3 is 2.67 bits per heavy atom. The molecule has 0 aliphatic rings. The third kappa shape index (κ3) is 3.32. The third-order valence-electron chi connectivity index (χ3n) is 2.09. The molecule has 0 aromatic heterocycles. The third-order valence-corrected chi connectivity index (χ3v) is 2.33. The van der Waals surface area contributed by atoms with Gasteiger partial charge in [0.15, 0.2) is 0 Å². The number of hydrogen-bond acceptors (Lipinski definition) is 2. The summed E-state index contributed by atoms with van der Waals surface area (Å²) in [4.78, 5) is 1.46. The number of nitrogens with two attached hydrogens (primary N) is 1. The van der Waals surface area contributed by atoms with E-state index in [0.717, 1.165) is 5.56 Å². The Balaban J connectivity index is 2.94. The lowest BCUT2D eigenvalue weighted by molar-refractivity contribution is 0.156. The van der Waals surface area contributed by atoms with E-state index < -0.39 is 6.43 Å². The summed E-state index contributed by atoms with van der Waals surface area (Å²) < 4.78 is 24.4. The van der Waals surface area contributed by atoms with E-state index in [0.29, 0.717) is 17.3 Å². The van der Waals surface area contributed by atoms with Crippen molar-refractivity contribution in [1.82, 2.24) is 0 Å². The zero-order chi connectivity index (χ0) is 11.4. The van der Waals surface area contributed by atoms with E-state index in [1.54, 1.807) is 25.2 Å². The molecule has 2 N–H and O–H groups in total. The monoisotopic (exact) mass is 234 g/mol. The fourth-order valence-corrected chi connectivity index (χ4v) is 1.54. The van der Waals surface area contributed by atoms with E-state index in [4.69, 9.17) is 17.3 Å². The first-order valence-electron chi connectivity index (χ1n) is 4.52. The summed E-state index contributed by atoms with van der Waals surface area (Å²) in [5, 5.41) is 0.517. The minimum absolute atomic E-state index is 0.306. The van der Waals surface area contributed by atoms with Crippen LogP contribution < -0.4 is 10.6 Å². The number of anilines is 1. The van der Waals surface area contributed by atoms with Crippen molar-refractivity contribution in [2.45, 2.75) is 13.0 Å². The zero-order valence-corrected chi connectivity index (χ0v) is 9.14. The van der Waals surface area contributed by atoms with Gasteiger partial charge in [-0.25, -0.2) is 8.78 Å². The van der Waals surface area contributed by atoms with Gasteiger partial charge in [0.1, 0.15) is 0 Å². The van der Waals surface area contributed by atoms with Crippen molar-refractivity contribution in [2.24, 2.45) is 5.73 Å². The molecular weight excluding hydrogens is 222 g/mol. The highest BCUT2D eigenvalue weighted by molar-refractivity contribution is 6.30. The van der Waals surface area contributed by atoms with Gasteiger partial charge in [0.25, 0.3) is 6.43 Å². The lowest BCUT2D eigenvalue weighted by Crippen LogP contribution is -2.25. The lowest BCUT2D eigenvalue weighted by atomic mass is 10.1. The molecule has 0 unspecified atom stereocenters. The van der Waals surface area contributed by atoms with Crippen LogP contribution in [0.2, 0.25) is 5.02 Å². The smallest absolute Gasteiger partial charge is 0.255 e. The van der Waals surface area contributed by atoms with Crippen LogP contribution in [0.25, 0.3) is 0 Å². The molecule has 0 aliphatic heterocycles. The summed E-state index contributed by atoms with van der Waals surface area (Å²) >= 11 is 5.80. The minimum Gasteiger partial charge on any atom is -0.369 e. The first kappa shape index (κ1) is 12.2. The second-order valence-electron chi connectivity index (χ2n) is 3.25. The van der Waals surface area contributed by atoms with Gasteiger partial charge in [-0.2, -0.15) is 0 Å². The fourth-order valence-electron chi connectivity index (χ4n) is 1.37. The molecule has 1 rings (SSSR count). The number of benzene rings is 1. The van der Waals surface area contributed by atoms with Crippen LogP contribution in [-0.4, -0.2) is 20.0 Å². The van der Waals surface area contributed by atoms with Crippen LogP contribution in [0.15, 0.2) is 18.2 Å². The normalized spacial score (nSPS) is 10.8. The van der Waals surface area contributed by atoms with Crippen LogP contribution in [0.1, 0.15) is 5.56 Å². The molecule has 0 spiro atoms. The Bertz CT molecular complexity index is 331. The molecule has 0 atom stereocenters. The molecule has 0 fully saturated rings. The molecule has 0 heterocycles. The van der Waals surface area contributed by atoms with Crippen LogP contribution in [0.4, 0.5) is 14.5 Å². The number of hydrogen-bond donors (Lipinski definition) is 1. The second kappa shape index (κ2) is 5.28. The predicted molar refractivity (Wildman–Crippen MR) is 58.6 cm³/mol. The van der Waals surface area contributed by atoms with E-state index in [1.807, 2.05) is 0 Å². The maximum atomic E-state index is 12.2. The van der Waals surface area contributed by atoms with Gasteiger partial charge in [0, 0.05) is 24.3 Å². The van der Waals surface area contributed by atoms with E-state index >= 15 is 0 Å². The predicted octanol–water partition coefficient (Wildman–Crippen LogP) is 2.50. The van der Waals surface area contributed by atoms with Gasteiger partial charge in [-0.3, -0.25) is 0 Å². The number of rotatable bonds is 4. The topological polar surface area (TPSA) is 29.3 Å². The molecule has 1 aromatic rings. The molecule has 2 nitrogen and oxygen atoms in total. The van der Waals surface area contributed by atoms with Crippen LogP contribution in [0.5, 0.6) is 0 Å². The molecular formula is C10H13ClF2N2. The fraction of sp³-hybridized carbons (Fsp3) is 0.400. The first-order chi connectivity index (χ1) is 7.04. The van der Waals surface area contributed by atoms with Crippen molar-refractivity contribution in [3.05, 3.63) is 28.8 Å². The summed E-state index contributed by atoms with van der Waals surface area (Å²) in [7, 11) is 1.59. The Morgan fingerprint density at radius 1 is 1.47 bits per heavy atom. The standard InChI is InChI=1S/C10H13ClF2N2/c1-15(6-10(12)13)9-4-8(11)3-2-7(9)5-14/h2-4,10H,5-6,14H2,1H3. The van der Waals surface area contributed by atoms with Crippen LogP contribution >= 0.6 is 11.6 Å². The average molecular weight is 235 g/mol. The quantitative estimate of drug-likeness (QED) is 0.868. The lowest BCUT2D eigenvalue weighted by Gasteiger charge is -2.21. The summed E-state index contributed by atoms with van der Waals surface area (Å²) in [5.74, 6) is 0. The highest BCUT2D eigenvalue weighted by Gasteiger charge is 2.11. The number of halogens is 3. The largest absolute Gasteiger partial charge is 0.369 e. The Labute approximate surface area is 92.6 Å². The average Bonchev–Trinajstić information content (AvgIpc) is 2.16. The van der Waals surface area contributed by atoms with E-state index in [9.17, 15) is 8.78 Å². The number of nitrogens with zero attached hydrogens (tertiary/aromatic N) is 1. The molecule has 84 valence electrons. The first-order valence-corrected chi connectivity index (χ1v) is 4.90. The Kier molecular flexibility index (Phi) is 4.29. The maximum absolute atomic E-state index is 12.2. The van der Waals surface area contributed by atoms with Crippen molar-refractivity contribution in [3.63, 3.8) is 0 Å². The maximum Gasteiger partial charge on any atom is 0.255 e. The zero-order valence-electron chi connectivity index (χ0n) is 8.38. The van der Waals surface area contributed by atoms with Gasteiger partial charge in [0.05, 0.1) is 6.54 Å². The van der Waals surface area contributed by atoms with Gasteiger partial charge in [0.2, 0.25) is 0 Å². The van der Waals surface area contributed by atoms with E-state index in [-0.39, 0.29) is 6.54 Å². The van der Waals surface area contributed by atoms with Crippen molar-refractivity contribution >= 4 is 17.3 Å². The molecule has 5 heteroatoms. The number of alkyl halides is 2. The highest BCUT2D eigenvalue weighted by Crippen LogP contribution is 2.24. The molecule has 0 amide bonds. The summed E-state index contributed by atoms with van der Waals surface area (Å²) in [6, 6.07) is 5.09. The SMILES string of the molecule is CN(CC(F)F)c1cc(Cl)ccc1CN. The van der Waals surface area contributed by atoms with Crippen molar-refractivity contribution in [3.8, 4) is 0 Å².